The van der Waals surface area contributed by atoms with Crippen molar-refractivity contribution in [1.82, 2.24) is 4.90 Å². The summed E-state index contributed by atoms with van der Waals surface area (Å²) in [6, 6.07) is 8.12. The minimum atomic E-state index is 0.0639. The molecule has 1 aliphatic rings. The van der Waals surface area contributed by atoms with Crippen LogP contribution in [0.4, 0.5) is 10.5 Å². The molecule has 0 radical (unpaired) electrons. The van der Waals surface area contributed by atoms with E-state index in [0.29, 0.717) is 18.1 Å². The molecule has 4 nitrogen and oxygen atoms in total. The molecule has 1 aromatic carbocycles. The lowest BCUT2D eigenvalue weighted by Gasteiger charge is -2.35. The Bertz CT molecular complexity index is 489. The molecule has 5 heteroatoms. The quantitative estimate of drug-likeness (QED) is 0.664. The third kappa shape index (κ3) is 3.23. The fourth-order valence-corrected chi connectivity index (χ4v) is 2.47. The van der Waals surface area contributed by atoms with Crippen LogP contribution in [0, 0.1) is 0 Å². The molecule has 1 aliphatic heterocycles. The summed E-state index contributed by atoms with van der Waals surface area (Å²) < 4.78 is 0. The fraction of sp³-hybridized carbons (Fsp3) is 0.429. The highest BCUT2D eigenvalue weighted by Crippen LogP contribution is 2.27. The molecular weight excluding hydrogens is 258 g/mol. The first-order valence-corrected chi connectivity index (χ1v) is 6.89. The minimum Gasteiger partial charge on any atom is -0.393 e. The van der Waals surface area contributed by atoms with E-state index in [1.165, 1.54) is 5.56 Å². The summed E-state index contributed by atoms with van der Waals surface area (Å²) in [4.78, 5) is 16.4. The summed E-state index contributed by atoms with van der Waals surface area (Å²) in [5.41, 5.74) is 7.70. The van der Waals surface area contributed by atoms with Gasteiger partial charge in [0.05, 0.1) is 10.7 Å². The van der Waals surface area contributed by atoms with Crippen molar-refractivity contribution in [3.63, 3.8) is 0 Å². The van der Waals surface area contributed by atoms with Gasteiger partial charge in [-0.3, -0.25) is 4.90 Å². The first-order chi connectivity index (χ1) is 9.09. The third-order valence-electron chi connectivity index (χ3n) is 3.30. The van der Waals surface area contributed by atoms with Crippen LogP contribution in [0.15, 0.2) is 24.3 Å². The van der Waals surface area contributed by atoms with Crippen LogP contribution in [0.2, 0.25) is 0 Å². The number of anilines is 1. The third-order valence-corrected chi connectivity index (χ3v) is 3.51. The van der Waals surface area contributed by atoms with Crippen LogP contribution in [-0.4, -0.2) is 29.5 Å². The lowest BCUT2D eigenvalue weighted by Crippen LogP contribution is -2.45. The second-order valence-electron chi connectivity index (χ2n) is 4.84. The number of para-hydroxylation sites is 1. The zero-order valence-electron chi connectivity index (χ0n) is 11.1. The molecule has 0 saturated heterocycles. The molecule has 0 unspecified atom stereocenters. The van der Waals surface area contributed by atoms with E-state index < -0.39 is 0 Å². The topological polar surface area (TPSA) is 49.6 Å². The number of hydrogen-bond donors (Lipinski definition) is 1. The van der Waals surface area contributed by atoms with E-state index in [1.54, 1.807) is 4.90 Å². The largest absolute Gasteiger partial charge is 0.393 e. The van der Waals surface area contributed by atoms with Gasteiger partial charge in [0.2, 0.25) is 0 Å². The molecular formula is C14H19N3OS. The zero-order valence-corrected chi connectivity index (χ0v) is 11.9. The Kier molecular flexibility index (Phi) is 4.37. The maximum atomic E-state index is 12.2. The highest BCUT2D eigenvalue weighted by molar-refractivity contribution is 7.80. The normalized spacial score (nSPS) is 14.5. The number of nitrogens with zero attached hydrogens (tertiary/aromatic N) is 2. The van der Waals surface area contributed by atoms with Crippen LogP contribution in [0.25, 0.3) is 0 Å². The predicted octanol–water partition coefficient (Wildman–Crippen LogP) is 2.51. The summed E-state index contributed by atoms with van der Waals surface area (Å²) in [6.07, 6.45) is 2.57. The molecule has 1 heterocycles. The van der Waals surface area contributed by atoms with Crippen molar-refractivity contribution in [2.24, 2.45) is 5.73 Å². The highest BCUT2D eigenvalue weighted by Gasteiger charge is 2.26. The second kappa shape index (κ2) is 6.02. The average Bonchev–Trinajstić information content (AvgIpc) is 2.38. The first kappa shape index (κ1) is 13.8. The van der Waals surface area contributed by atoms with E-state index in [9.17, 15) is 4.79 Å². The molecule has 0 spiro atoms. The van der Waals surface area contributed by atoms with E-state index in [0.717, 1.165) is 24.9 Å². The number of thiocarbonyl (C=S) groups is 1. The number of carbonyl (C=O) groups is 1. The van der Waals surface area contributed by atoms with E-state index in [1.807, 2.05) is 30.1 Å². The number of unbranched alkanes of at least 4 members (excludes halogenated alkanes) is 1. The molecule has 1 aromatic rings. The maximum Gasteiger partial charge on any atom is 0.324 e. The van der Waals surface area contributed by atoms with E-state index >= 15 is 0 Å². The van der Waals surface area contributed by atoms with Crippen LogP contribution in [0.1, 0.15) is 24.8 Å². The van der Waals surface area contributed by atoms with Crippen molar-refractivity contribution in [3.8, 4) is 0 Å². The summed E-state index contributed by atoms with van der Waals surface area (Å²) in [7, 11) is 1.83. The molecule has 0 atom stereocenters. The zero-order chi connectivity index (χ0) is 13.8. The van der Waals surface area contributed by atoms with Crippen LogP contribution in [-0.2, 0) is 6.54 Å². The monoisotopic (exact) mass is 277 g/mol. The van der Waals surface area contributed by atoms with Gasteiger partial charge in [-0.1, -0.05) is 30.4 Å². The molecule has 0 bridgehead atoms. The minimum absolute atomic E-state index is 0.0639. The number of nitrogens with two attached hydrogens (primary N) is 1. The Balaban J connectivity index is 2.05. The number of benzene rings is 1. The molecule has 102 valence electrons. The molecule has 2 amide bonds. The van der Waals surface area contributed by atoms with Crippen molar-refractivity contribution in [1.29, 1.82) is 0 Å². The summed E-state index contributed by atoms with van der Waals surface area (Å²) in [5.74, 6) is 0. The average molecular weight is 277 g/mol. The van der Waals surface area contributed by atoms with Crippen LogP contribution in [0.5, 0.6) is 0 Å². The SMILES string of the molecule is CN1Cc2ccccc2N(CCCCC(N)=S)C1=O. The molecule has 0 saturated carbocycles. The maximum absolute atomic E-state index is 12.2. The van der Waals surface area contributed by atoms with Gasteiger partial charge in [0, 0.05) is 20.1 Å². The number of carbonyl (C=O) groups excluding carboxylic acids is 1. The number of fused-ring (bicyclic) bond motifs is 1. The van der Waals surface area contributed by atoms with Crippen molar-refractivity contribution in [2.45, 2.75) is 25.8 Å². The number of urea groups is 1. The van der Waals surface area contributed by atoms with Crippen LogP contribution in [0.3, 0.4) is 0 Å². The van der Waals surface area contributed by atoms with Gasteiger partial charge in [-0.05, 0) is 30.9 Å². The van der Waals surface area contributed by atoms with E-state index in [4.69, 9.17) is 18.0 Å². The highest BCUT2D eigenvalue weighted by atomic mass is 32.1. The van der Waals surface area contributed by atoms with Crippen molar-refractivity contribution >= 4 is 28.9 Å². The van der Waals surface area contributed by atoms with Crippen LogP contribution >= 0.6 is 12.2 Å². The Morgan fingerprint density at radius 2 is 2.11 bits per heavy atom. The van der Waals surface area contributed by atoms with Gasteiger partial charge >= 0.3 is 6.03 Å². The molecule has 0 aromatic heterocycles. The Morgan fingerprint density at radius 3 is 2.84 bits per heavy atom. The summed E-state index contributed by atoms with van der Waals surface area (Å²) in [6.45, 7) is 1.39. The molecule has 19 heavy (non-hydrogen) atoms. The molecule has 0 aliphatic carbocycles. The Morgan fingerprint density at radius 1 is 1.37 bits per heavy atom. The van der Waals surface area contributed by atoms with Gasteiger partial charge in [0.15, 0.2) is 0 Å². The van der Waals surface area contributed by atoms with Gasteiger partial charge in [-0.25, -0.2) is 4.79 Å². The van der Waals surface area contributed by atoms with Crippen molar-refractivity contribution in [3.05, 3.63) is 29.8 Å². The standard InChI is InChI=1S/C14H19N3OS/c1-16-10-11-6-2-3-7-12(11)17(14(16)18)9-5-4-8-13(15)19/h2-3,6-7H,4-5,8-10H2,1H3,(H2,15,19). The van der Waals surface area contributed by atoms with E-state index in [-0.39, 0.29) is 6.03 Å². The van der Waals surface area contributed by atoms with Gasteiger partial charge in [-0.15, -0.1) is 0 Å². The Hall–Kier alpha value is -1.62. The smallest absolute Gasteiger partial charge is 0.324 e. The second-order valence-corrected chi connectivity index (χ2v) is 5.37. The molecule has 0 fully saturated rings. The number of hydrogen-bond acceptors (Lipinski definition) is 2. The lowest BCUT2D eigenvalue weighted by atomic mass is 10.1. The number of rotatable bonds is 5. The van der Waals surface area contributed by atoms with Gasteiger partial charge in [0.25, 0.3) is 0 Å². The van der Waals surface area contributed by atoms with Gasteiger partial charge < -0.3 is 10.6 Å². The lowest BCUT2D eigenvalue weighted by molar-refractivity contribution is 0.210. The van der Waals surface area contributed by atoms with E-state index in [2.05, 4.69) is 6.07 Å². The first-order valence-electron chi connectivity index (χ1n) is 6.48. The number of amides is 2. The summed E-state index contributed by atoms with van der Waals surface area (Å²) in [5, 5.41) is 0. The van der Waals surface area contributed by atoms with Gasteiger partial charge in [0.1, 0.15) is 0 Å². The van der Waals surface area contributed by atoms with Crippen molar-refractivity contribution in [2.75, 3.05) is 18.5 Å². The predicted molar refractivity (Wildman–Crippen MR) is 81.3 cm³/mol. The van der Waals surface area contributed by atoms with Crippen molar-refractivity contribution < 1.29 is 4.79 Å². The Labute approximate surface area is 119 Å². The van der Waals surface area contributed by atoms with Gasteiger partial charge in [-0.2, -0.15) is 0 Å². The summed E-state index contributed by atoms with van der Waals surface area (Å²) >= 11 is 4.86. The van der Waals surface area contributed by atoms with Crippen LogP contribution < -0.4 is 10.6 Å². The molecule has 2 N–H and O–H groups in total. The fourth-order valence-electron chi connectivity index (χ4n) is 2.33. The molecule has 2 rings (SSSR count).